The third-order valence-electron chi connectivity index (χ3n) is 3.06. The third-order valence-corrected chi connectivity index (χ3v) is 3.06. The molecule has 1 aliphatic carbocycles. The lowest BCUT2D eigenvalue weighted by Crippen LogP contribution is -2.16. The maximum Gasteiger partial charge on any atom is 0.435 e. The first-order valence-electron chi connectivity index (χ1n) is 5.08. The van der Waals surface area contributed by atoms with Gasteiger partial charge in [-0.3, -0.25) is 9.48 Å². The summed E-state index contributed by atoms with van der Waals surface area (Å²) >= 11 is 0. The summed E-state index contributed by atoms with van der Waals surface area (Å²) in [6.45, 7) is 0. The number of carboxylic acids is 1. The summed E-state index contributed by atoms with van der Waals surface area (Å²) in [5.41, 5.74) is -1.27. The van der Waals surface area contributed by atoms with E-state index in [1.807, 2.05) is 0 Å². The van der Waals surface area contributed by atoms with Gasteiger partial charge in [-0.25, -0.2) is 0 Å². The molecular formula is C10H11F3N2O2. The van der Waals surface area contributed by atoms with Crippen LogP contribution in [0.3, 0.4) is 0 Å². The average molecular weight is 248 g/mol. The number of hydrogen-bond donors (Lipinski definition) is 1. The van der Waals surface area contributed by atoms with E-state index in [2.05, 4.69) is 5.10 Å². The molecule has 1 aromatic rings. The minimum Gasteiger partial charge on any atom is -0.481 e. The fraction of sp³-hybridized carbons (Fsp3) is 0.600. The second kappa shape index (κ2) is 3.48. The van der Waals surface area contributed by atoms with Crippen LogP contribution in [0.1, 0.15) is 30.7 Å². The molecule has 0 unspecified atom stereocenters. The number of hydrogen-bond acceptors (Lipinski definition) is 2. The van der Waals surface area contributed by atoms with Crippen molar-refractivity contribution < 1.29 is 23.1 Å². The quantitative estimate of drug-likeness (QED) is 0.889. The number of carboxylic acid groups (broad SMARTS) is 1. The van der Waals surface area contributed by atoms with Gasteiger partial charge >= 0.3 is 12.1 Å². The molecule has 1 aliphatic rings. The highest BCUT2D eigenvalue weighted by Crippen LogP contribution is 2.51. The number of aromatic nitrogens is 2. The van der Waals surface area contributed by atoms with Crippen molar-refractivity contribution in [1.82, 2.24) is 9.78 Å². The zero-order valence-electron chi connectivity index (χ0n) is 9.08. The number of aliphatic carboxylic acids is 1. The Bertz CT molecular complexity index is 461. The highest BCUT2D eigenvalue weighted by molar-refractivity contribution is 5.69. The van der Waals surface area contributed by atoms with Gasteiger partial charge in [-0.1, -0.05) is 0 Å². The van der Waals surface area contributed by atoms with Crippen LogP contribution in [0.4, 0.5) is 13.2 Å². The number of nitrogens with zero attached hydrogens (tertiary/aromatic N) is 2. The largest absolute Gasteiger partial charge is 0.481 e. The van der Waals surface area contributed by atoms with Crippen molar-refractivity contribution in [3.05, 3.63) is 17.5 Å². The van der Waals surface area contributed by atoms with Crippen LogP contribution in [0.25, 0.3) is 0 Å². The van der Waals surface area contributed by atoms with Crippen LogP contribution in [0.5, 0.6) is 0 Å². The van der Waals surface area contributed by atoms with E-state index < -0.39 is 23.3 Å². The maximum absolute atomic E-state index is 12.5. The maximum atomic E-state index is 12.5. The molecule has 1 fully saturated rings. The summed E-state index contributed by atoms with van der Waals surface area (Å²) in [6.07, 6.45) is -3.45. The van der Waals surface area contributed by atoms with Crippen LogP contribution >= 0.6 is 0 Å². The number of alkyl halides is 3. The highest BCUT2D eigenvalue weighted by atomic mass is 19.4. The highest BCUT2D eigenvalue weighted by Gasteiger charge is 2.49. The molecule has 2 rings (SSSR count). The van der Waals surface area contributed by atoms with Gasteiger partial charge in [0.15, 0.2) is 5.69 Å². The SMILES string of the molecule is Cn1nc(C(F)(F)F)cc1C1(CC(=O)O)CC1. The van der Waals surface area contributed by atoms with Gasteiger partial charge in [0, 0.05) is 18.2 Å². The van der Waals surface area contributed by atoms with Gasteiger partial charge in [0.05, 0.1) is 6.42 Å². The van der Waals surface area contributed by atoms with Crippen LogP contribution in [0.15, 0.2) is 6.07 Å². The van der Waals surface area contributed by atoms with E-state index in [9.17, 15) is 18.0 Å². The summed E-state index contributed by atoms with van der Waals surface area (Å²) in [6, 6.07) is 0.954. The molecule has 0 aliphatic heterocycles. The Morgan fingerprint density at radius 1 is 1.59 bits per heavy atom. The van der Waals surface area contributed by atoms with Crippen molar-refractivity contribution in [1.29, 1.82) is 0 Å². The lowest BCUT2D eigenvalue weighted by atomic mass is 9.98. The number of rotatable bonds is 3. The fourth-order valence-corrected chi connectivity index (χ4v) is 2.07. The molecule has 0 atom stereocenters. The first-order valence-corrected chi connectivity index (χ1v) is 5.08. The third kappa shape index (κ3) is 2.13. The van der Waals surface area contributed by atoms with Gasteiger partial charge in [0.1, 0.15) is 0 Å². The molecule has 1 saturated carbocycles. The van der Waals surface area contributed by atoms with E-state index in [1.54, 1.807) is 0 Å². The summed E-state index contributed by atoms with van der Waals surface area (Å²) < 4.78 is 38.5. The molecule has 4 nitrogen and oxygen atoms in total. The summed E-state index contributed by atoms with van der Waals surface area (Å²) in [5, 5.41) is 12.2. The van der Waals surface area contributed by atoms with E-state index in [4.69, 9.17) is 5.11 Å². The Morgan fingerprint density at radius 2 is 2.18 bits per heavy atom. The second-order valence-electron chi connectivity index (χ2n) is 4.39. The molecule has 1 aromatic heterocycles. The Balaban J connectivity index is 2.34. The molecule has 17 heavy (non-hydrogen) atoms. The van der Waals surface area contributed by atoms with Crippen LogP contribution in [-0.4, -0.2) is 20.9 Å². The molecule has 0 aromatic carbocycles. The minimum atomic E-state index is -4.49. The van der Waals surface area contributed by atoms with Gasteiger partial charge in [0.2, 0.25) is 0 Å². The molecule has 1 heterocycles. The topological polar surface area (TPSA) is 55.1 Å². The van der Waals surface area contributed by atoms with Crippen LogP contribution in [0, 0.1) is 0 Å². The molecule has 0 saturated heterocycles. The van der Waals surface area contributed by atoms with Crippen LogP contribution < -0.4 is 0 Å². The van der Waals surface area contributed by atoms with E-state index in [-0.39, 0.29) is 6.42 Å². The van der Waals surface area contributed by atoms with Crippen molar-refractivity contribution in [3.8, 4) is 0 Å². The predicted molar refractivity (Wildman–Crippen MR) is 51.4 cm³/mol. The van der Waals surface area contributed by atoms with E-state index in [0.29, 0.717) is 18.5 Å². The molecule has 0 amide bonds. The van der Waals surface area contributed by atoms with Gasteiger partial charge in [-0.15, -0.1) is 0 Å². The van der Waals surface area contributed by atoms with E-state index in [0.717, 1.165) is 10.7 Å². The van der Waals surface area contributed by atoms with Crippen molar-refractivity contribution in [2.45, 2.75) is 30.9 Å². The van der Waals surface area contributed by atoms with Crippen molar-refractivity contribution >= 4 is 5.97 Å². The standard InChI is InChI=1S/C10H11F3N2O2/c1-15-7(4-6(14-15)10(11,12)13)9(2-3-9)5-8(16)17/h4H,2-3,5H2,1H3,(H,16,17). The van der Waals surface area contributed by atoms with Crippen molar-refractivity contribution in [2.75, 3.05) is 0 Å². The molecule has 7 heteroatoms. The molecule has 94 valence electrons. The van der Waals surface area contributed by atoms with Crippen molar-refractivity contribution in [3.63, 3.8) is 0 Å². The molecule has 0 spiro atoms. The summed E-state index contributed by atoms with van der Waals surface area (Å²) in [4.78, 5) is 10.7. The zero-order chi connectivity index (χ0) is 12.8. The minimum absolute atomic E-state index is 0.149. The summed E-state index contributed by atoms with van der Waals surface area (Å²) in [7, 11) is 1.41. The lowest BCUT2D eigenvalue weighted by Gasteiger charge is -2.12. The first kappa shape index (κ1) is 11.9. The van der Waals surface area contributed by atoms with Gasteiger partial charge < -0.3 is 5.11 Å². The molecule has 0 bridgehead atoms. The second-order valence-corrected chi connectivity index (χ2v) is 4.39. The van der Waals surface area contributed by atoms with Crippen LogP contribution in [0.2, 0.25) is 0 Å². The normalized spacial score (nSPS) is 18.1. The van der Waals surface area contributed by atoms with Gasteiger partial charge in [-0.05, 0) is 18.9 Å². The Hall–Kier alpha value is -1.53. The lowest BCUT2D eigenvalue weighted by molar-refractivity contribution is -0.141. The number of carbonyl (C=O) groups is 1. The van der Waals surface area contributed by atoms with E-state index >= 15 is 0 Å². The number of aryl methyl sites for hydroxylation is 1. The Morgan fingerprint density at radius 3 is 2.53 bits per heavy atom. The Kier molecular flexibility index (Phi) is 2.44. The smallest absolute Gasteiger partial charge is 0.435 e. The van der Waals surface area contributed by atoms with Gasteiger partial charge in [0.25, 0.3) is 0 Å². The molecular weight excluding hydrogens is 237 g/mol. The summed E-state index contributed by atoms with van der Waals surface area (Å²) in [5.74, 6) is -1.00. The van der Waals surface area contributed by atoms with Crippen molar-refractivity contribution in [2.24, 2.45) is 7.05 Å². The van der Waals surface area contributed by atoms with Crippen LogP contribution in [-0.2, 0) is 23.4 Å². The Labute approximate surface area is 95.0 Å². The average Bonchev–Trinajstić information content (AvgIpc) is 2.78. The monoisotopic (exact) mass is 248 g/mol. The zero-order valence-corrected chi connectivity index (χ0v) is 9.08. The van der Waals surface area contributed by atoms with E-state index in [1.165, 1.54) is 7.05 Å². The first-order chi connectivity index (χ1) is 7.74. The fourth-order valence-electron chi connectivity index (χ4n) is 2.07. The number of halogens is 3. The predicted octanol–water partition coefficient (Wildman–Crippen LogP) is 1.95. The van der Waals surface area contributed by atoms with Gasteiger partial charge in [-0.2, -0.15) is 18.3 Å². The molecule has 0 radical (unpaired) electrons. The molecule has 1 N–H and O–H groups in total.